The number of hydrogen-bond donors (Lipinski definition) is 1. The molecule has 0 bridgehead atoms. The van der Waals surface area contributed by atoms with Crippen LogP contribution in [0.3, 0.4) is 0 Å². The number of aromatic nitrogens is 1. The average molecular weight is 392 g/mol. The maximum absolute atomic E-state index is 11.8. The van der Waals surface area contributed by atoms with Crippen LogP contribution in [-0.2, 0) is 4.79 Å². The lowest BCUT2D eigenvalue weighted by atomic mass is 9.56. The third kappa shape index (κ3) is 3.92. The molecule has 1 aromatic rings. The Morgan fingerprint density at radius 2 is 2.14 bits per heavy atom. The van der Waals surface area contributed by atoms with Crippen LogP contribution in [0, 0.1) is 35.0 Å². The summed E-state index contributed by atoms with van der Waals surface area (Å²) in [4.78, 5) is 15.9. The van der Waals surface area contributed by atoms with E-state index in [1.54, 1.807) is 12.4 Å². The van der Waals surface area contributed by atoms with Gasteiger partial charge in [-0.2, -0.15) is 0 Å². The highest BCUT2D eigenvalue weighted by Gasteiger charge is 2.59. The highest BCUT2D eigenvalue weighted by atomic mass is 16.3. The largest absolute Gasteiger partial charge is 0.377 e. The molecule has 0 spiro atoms. The van der Waals surface area contributed by atoms with Gasteiger partial charge in [0.05, 0.1) is 0 Å². The molecule has 0 saturated heterocycles. The molecular weight excluding hydrogens is 358 g/mol. The van der Waals surface area contributed by atoms with Gasteiger partial charge in [-0.25, -0.2) is 0 Å². The van der Waals surface area contributed by atoms with Gasteiger partial charge in [0.15, 0.2) is 5.78 Å². The molecule has 0 radical (unpaired) electrons. The highest BCUT2D eigenvalue weighted by Crippen LogP contribution is 2.61. The summed E-state index contributed by atoms with van der Waals surface area (Å²) < 4.78 is 0. The molecule has 1 N–H and O–H groups in total. The van der Waals surface area contributed by atoms with Crippen molar-refractivity contribution in [2.24, 2.45) is 23.2 Å². The molecule has 29 heavy (non-hydrogen) atoms. The molecule has 3 nitrogen and oxygen atoms in total. The first kappa shape index (κ1) is 20.4. The van der Waals surface area contributed by atoms with Gasteiger partial charge in [0.2, 0.25) is 0 Å². The lowest BCUT2D eigenvalue weighted by Gasteiger charge is -2.49. The summed E-state index contributed by atoms with van der Waals surface area (Å²) in [5, 5.41) is 11.6. The van der Waals surface area contributed by atoms with Gasteiger partial charge in [-0.05, 0) is 87.3 Å². The van der Waals surface area contributed by atoms with Crippen LogP contribution in [-0.4, -0.2) is 21.5 Å². The van der Waals surface area contributed by atoms with Gasteiger partial charge in [-0.1, -0.05) is 31.3 Å². The second-order valence-electron chi connectivity index (χ2n) is 9.76. The van der Waals surface area contributed by atoms with E-state index in [2.05, 4.69) is 30.7 Å². The molecular formula is C26H33NO2. The standard InChI is InChI=1S/C26H33NO2/c1-19-10-13-25(2)24(23(19)9-8-20-5-3-7-22(28)17-20)12-15-26(25,29)14-11-21-6-4-16-27-18-21/h4,6,16-19,23-24,29H,3,5,7-10,12-13,15H2,1-2H3/t19-,23-,24-,25+,26+/m1/s1. The molecule has 4 rings (SSSR count). The first-order valence-corrected chi connectivity index (χ1v) is 11.3. The Hall–Kier alpha value is -1.92. The Labute approximate surface area is 175 Å². The summed E-state index contributed by atoms with van der Waals surface area (Å²) >= 11 is 0. The maximum atomic E-state index is 11.8. The molecule has 1 aromatic heterocycles. The third-order valence-electron chi connectivity index (χ3n) is 8.11. The molecule has 0 aliphatic heterocycles. The minimum atomic E-state index is -0.925. The van der Waals surface area contributed by atoms with Crippen LogP contribution in [0.4, 0.5) is 0 Å². The second kappa shape index (κ2) is 8.07. The van der Waals surface area contributed by atoms with E-state index in [1.165, 1.54) is 5.57 Å². The number of allylic oxidation sites excluding steroid dienone is 2. The molecule has 2 fully saturated rings. The number of fused-ring (bicyclic) bond motifs is 1. The van der Waals surface area contributed by atoms with Crippen LogP contribution in [0.1, 0.15) is 77.2 Å². The van der Waals surface area contributed by atoms with Gasteiger partial charge in [0.1, 0.15) is 5.60 Å². The van der Waals surface area contributed by atoms with E-state index < -0.39 is 5.60 Å². The van der Waals surface area contributed by atoms with E-state index in [-0.39, 0.29) is 5.41 Å². The smallest absolute Gasteiger partial charge is 0.155 e. The van der Waals surface area contributed by atoms with Crippen molar-refractivity contribution in [3.63, 3.8) is 0 Å². The molecule has 3 heteroatoms. The summed E-state index contributed by atoms with van der Waals surface area (Å²) in [6, 6.07) is 3.83. The van der Waals surface area contributed by atoms with Gasteiger partial charge in [0.25, 0.3) is 0 Å². The summed E-state index contributed by atoms with van der Waals surface area (Å²) in [6.45, 7) is 4.65. The molecule has 3 aliphatic rings. The fraction of sp³-hybridized carbons (Fsp3) is 0.615. The number of carbonyl (C=O) groups excluding carboxylic acids is 1. The molecule has 3 aliphatic carbocycles. The average Bonchev–Trinajstić information content (AvgIpc) is 2.99. The monoisotopic (exact) mass is 391 g/mol. The van der Waals surface area contributed by atoms with Gasteiger partial charge in [0, 0.05) is 29.8 Å². The highest BCUT2D eigenvalue weighted by molar-refractivity contribution is 5.91. The van der Waals surface area contributed by atoms with Gasteiger partial charge >= 0.3 is 0 Å². The van der Waals surface area contributed by atoms with Crippen molar-refractivity contribution >= 4 is 5.78 Å². The Kier molecular flexibility index (Phi) is 5.67. The molecule has 0 amide bonds. The van der Waals surface area contributed by atoms with E-state index in [4.69, 9.17) is 0 Å². The Bertz CT molecular complexity index is 848. The van der Waals surface area contributed by atoms with Crippen molar-refractivity contribution in [3.8, 4) is 11.8 Å². The van der Waals surface area contributed by atoms with Gasteiger partial charge in [-0.3, -0.25) is 9.78 Å². The van der Waals surface area contributed by atoms with Crippen LogP contribution in [0.25, 0.3) is 0 Å². The van der Waals surface area contributed by atoms with Crippen LogP contribution >= 0.6 is 0 Å². The zero-order valence-electron chi connectivity index (χ0n) is 17.8. The van der Waals surface area contributed by atoms with Crippen molar-refractivity contribution in [2.45, 2.75) is 77.2 Å². The van der Waals surface area contributed by atoms with E-state index in [1.807, 2.05) is 18.2 Å². The summed E-state index contributed by atoms with van der Waals surface area (Å²) in [5.41, 5.74) is 1.12. The topological polar surface area (TPSA) is 50.2 Å². The number of pyridine rings is 1. The summed E-state index contributed by atoms with van der Waals surface area (Å²) in [6.07, 6.45) is 14.4. The fourth-order valence-electron chi connectivity index (χ4n) is 6.21. The Balaban J connectivity index is 1.52. The second-order valence-corrected chi connectivity index (χ2v) is 9.76. The zero-order chi connectivity index (χ0) is 20.5. The first-order valence-electron chi connectivity index (χ1n) is 11.3. The minimum Gasteiger partial charge on any atom is -0.377 e. The SMILES string of the molecule is C[C@@H]1CC[C@@]2(C)[C@H](CC[C@@]2(O)C#Cc2cccnc2)[C@@H]1CCC1=CC(=O)CCC1. The summed E-state index contributed by atoms with van der Waals surface area (Å²) in [5.74, 6) is 8.53. The summed E-state index contributed by atoms with van der Waals surface area (Å²) in [7, 11) is 0. The first-order chi connectivity index (χ1) is 13.9. The lowest BCUT2D eigenvalue weighted by molar-refractivity contribution is -0.115. The van der Waals surface area contributed by atoms with Crippen molar-refractivity contribution in [2.75, 3.05) is 0 Å². The van der Waals surface area contributed by atoms with Crippen molar-refractivity contribution in [1.82, 2.24) is 4.98 Å². The number of ketones is 1. The predicted molar refractivity (Wildman–Crippen MR) is 115 cm³/mol. The van der Waals surface area contributed by atoms with Crippen molar-refractivity contribution < 1.29 is 9.90 Å². The Morgan fingerprint density at radius 1 is 1.28 bits per heavy atom. The van der Waals surface area contributed by atoms with Gasteiger partial charge in [-0.15, -0.1) is 0 Å². The quantitative estimate of drug-likeness (QED) is 0.731. The normalized spacial score (nSPS) is 36.7. The molecule has 1 heterocycles. The molecule has 0 aromatic carbocycles. The zero-order valence-corrected chi connectivity index (χ0v) is 17.8. The van der Waals surface area contributed by atoms with E-state index in [9.17, 15) is 9.90 Å². The van der Waals surface area contributed by atoms with E-state index >= 15 is 0 Å². The molecule has 5 atom stereocenters. The maximum Gasteiger partial charge on any atom is 0.155 e. The van der Waals surface area contributed by atoms with E-state index in [0.29, 0.717) is 30.0 Å². The van der Waals surface area contributed by atoms with Crippen LogP contribution in [0.5, 0.6) is 0 Å². The van der Waals surface area contributed by atoms with Crippen molar-refractivity contribution in [1.29, 1.82) is 0 Å². The predicted octanol–water partition coefficient (Wildman–Crippen LogP) is 5.09. The molecule has 0 unspecified atom stereocenters. The minimum absolute atomic E-state index is 0.157. The number of rotatable bonds is 3. The number of nitrogens with zero attached hydrogens (tertiary/aromatic N) is 1. The van der Waals surface area contributed by atoms with E-state index in [0.717, 1.165) is 56.9 Å². The Morgan fingerprint density at radius 3 is 2.90 bits per heavy atom. The number of carbonyl (C=O) groups is 1. The third-order valence-corrected chi connectivity index (χ3v) is 8.11. The number of hydrogen-bond acceptors (Lipinski definition) is 3. The molecule has 154 valence electrons. The van der Waals surface area contributed by atoms with Crippen LogP contribution in [0.2, 0.25) is 0 Å². The van der Waals surface area contributed by atoms with Crippen LogP contribution < -0.4 is 0 Å². The van der Waals surface area contributed by atoms with Crippen LogP contribution in [0.15, 0.2) is 36.2 Å². The lowest BCUT2D eigenvalue weighted by Crippen LogP contribution is -2.49. The molecule has 2 saturated carbocycles. The van der Waals surface area contributed by atoms with Crippen molar-refractivity contribution in [3.05, 3.63) is 41.7 Å². The van der Waals surface area contributed by atoms with Gasteiger partial charge < -0.3 is 5.11 Å². The fourth-order valence-corrected chi connectivity index (χ4v) is 6.21. The number of aliphatic hydroxyl groups is 1.